The number of fused-ring (bicyclic) bond motifs is 1. The maximum atomic E-state index is 12.3. The summed E-state index contributed by atoms with van der Waals surface area (Å²) < 4.78 is 0. The predicted octanol–water partition coefficient (Wildman–Crippen LogP) is 3.20. The van der Waals surface area contributed by atoms with Crippen LogP contribution in [0.2, 0.25) is 0 Å². The van der Waals surface area contributed by atoms with Gasteiger partial charge in [0.25, 0.3) is 11.8 Å². The summed E-state index contributed by atoms with van der Waals surface area (Å²) in [6, 6.07) is 15.6. The van der Waals surface area contributed by atoms with Crippen molar-refractivity contribution in [1.29, 1.82) is 0 Å². The summed E-state index contributed by atoms with van der Waals surface area (Å²) in [6.45, 7) is 7.44. The van der Waals surface area contributed by atoms with E-state index in [1.807, 2.05) is 30.3 Å². The molecule has 5 heteroatoms. The summed E-state index contributed by atoms with van der Waals surface area (Å²) in [4.78, 5) is 26.6. The molecule has 0 unspecified atom stereocenters. The molecule has 1 aliphatic rings. The van der Waals surface area contributed by atoms with Crippen LogP contribution >= 0.6 is 0 Å². The van der Waals surface area contributed by atoms with E-state index in [4.69, 9.17) is 0 Å². The zero-order valence-electron chi connectivity index (χ0n) is 16.2. The topological polar surface area (TPSA) is 61.4 Å². The smallest absolute Gasteiger partial charge is 0.269 e. The lowest BCUT2D eigenvalue weighted by atomic mass is 9.87. The molecule has 0 aliphatic carbocycles. The SMILES string of the molecule is CC(C)(C)c1ccc(C(=O)NNC(=O)CN2CCCc3ccccc32)cc1. The van der Waals surface area contributed by atoms with Crippen molar-refractivity contribution in [2.24, 2.45) is 0 Å². The molecule has 142 valence electrons. The normalized spacial score (nSPS) is 13.7. The Morgan fingerprint density at radius 3 is 2.41 bits per heavy atom. The number of hydrazine groups is 1. The minimum absolute atomic E-state index is 0.0357. The molecule has 0 saturated carbocycles. The molecule has 0 radical (unpaired) electrons. The molecule has 5 nitrogen and oxygen atoms in total. The van der Waals surface area contributed by atoms with Crippen LogP contribution in [0.1, 0.15) is 48.7 Å². The molecular formula is C22H27N3O2. The van der Waals surface area contributed by atoms with Crippen molar-refractivity contribution >= 4 is 17.5 Å². The van der Waals surface area contributed by atoms with Crippen molar-refractivity contribution in [2.75, 3.05) is 18.0 Å². The molecule has 3 rings (SSSR count). The van der Waals surface area contributed by atoms with Crippen LogP contribution < -0.4 is 15.8 Å². The number of amides is 2. The maximum absolute atomic E-state index is 12.3. The number of hydrogen-bond acceptors (Lipinski definition) is 3. The minimum atomic E-state index is -0.317. The Morgan fingerprint density at radius 2 is 1.70 bits per heavy atom. The highest BCUT2D eigenvalue weighted by atomic mass is 16.2. The first-order chi connectivity index (χ1) is 12.8. The van der Waals surface area contributed by atoms with Gasteiger partial charge in [0, 0.05) is 17.8 Å². The molecule has 2 aromatic rings. The van der Waals surface area contributed by atoms with E-state index in [0.29, 0.717) is 5.56 Å². The fraction of sp³-hybridized carbons (Fsp3) is 0.364. The van der Waals surface area contributed by atoms with E-state index in [2.05, 4.69) is 42.6 Å². The third kappa shape index (κ3) is 4.67. The Balaban J connectivity index is 1.54. The largest absolute Gasteiger partial charge is 0.362 e. The van der Waals surface area contributed by atoms with E-state index in [-0.39, 0.29) is 23.8 Å². The van der Waals surface area contributed by atoms with Gasteiger partial charge in [-0.1, -0.05) is 51.1 Å². The van der Waals surface area contributed by atoms with Gasteiger partial charge in [0.1, 0.15) is 0 Å². The van der Waals surface area contributed by atoms with Gasteiger partial charge in [0.05, 0.1) is 6.54 Å². The Morgan fingerprint density at radius 1 is 1.00 bits per heavy atom. The van der Waals surface area contributed by atoms with Crippen molar-refractivity contribution < 1.29 is 9.59 Å². The molecule has 0 saturated heterocycles. The quantitative estimate of drug-likeness (QED) is 0.821. The molecule has 2 amide bonds. The molecule has 0 fully saturated rings. The van der Waals surface area contributed by atoms with Crippen LogP contribution in [0.3, 0.4) is 0 Å². The number of carbonyl (C=O) groups excluding carboxylic acids is 2. The number of hydrogen-bond donors (Lipinski definition) is 2. The van der Waals surface area contributed by atoms with Gasteiger partial charge in [-0.2, -0.15) is 0 Å². The summed E-state index contributed by atoms with van der Waals surface area (Å²) in [5, 5.41) is 0. The van der Waals surface area contributed by atoms with Crippen molar-refractivity contribution in [3.05, 3.63) is 65.2 Å². The third-order valence-corrected chi connectivity index (χ3v) is 4.87. The lowest BCUT2D eigenvalue weighted by molar-refractivity contribution is -0.120. The van der Waals surface area contributed by atoms with Crippen molar-refractivity contribution in [3.63, 3.8) is 0 Å². The first kappa shape index (κ1) is 19.0. The van der Waals surface area contributed by atoms with E-state index in [0.717, 1.165) is 30.6 Å². The lowest BCUT2D eigenvalue weighted by Gasteiger charge is -2.30. The molecule has 2 N–H and O–H groups in total. The van der Waals surface area contributed by atoms with Crippen LogP contribution in [0.5, 0.6) is 0 Å². The molecular weight excluding hydrogens is 338 g/mol. The number of benzene rings is 2. The number of nitrogens with zero attached hydrogens (tertiary/aromatic N) is 1. The first-order valence-electron chi connectivity index (χ1n) is 9.37. The van der Waals surface area contributed by atoms with Gasteiger partial charge >= 0.3 is 0 Å². The molecule has 1 aliphatic heterocycles. The zero-order valence-corrected chi connectivity index (χ0v) is 16.2. The highest BCUT2D eigenvalue weighted by Gasteiger charge is 2.19. The van der Waals surface area contributed by atoms with Crippen LogP contribution in [0.4, 0.5) is 5.69 Å². The van der Waals surface area contributed by atoms with Gasteiger partial charge in [-0.15, -0.1) is 0 Å². The highest BCUT2D eigenvalue weighted by Crippen LogP contribution is 2.26. The second-order valence-electron chi connectivity index (χ2n) is 7.98. The number of aryl methyl sites for hydroxylation is 1. The first-order valence-corrected chi connectivity index (χ1v) is 9.37. The molecule has 27 heavy (non-hydrogen) atoms. The van der Waals surface area contributed by atoms with Gasteiger partial charge in [0.2, 0.25) is 0 Å². The Bertz CT molecular complexity index is 822. The van der Waals surface area contributed by atoms with E-state index >= 15 is 0 Å². The minimum Gasteiger partial charge on any atom is -0.362 e. The molecule has 2 aromatic carbocycles. The molecule has 0 aromatic heterocycles. The predicted molar refractivity (Wildman–Crippen MR) is 108 cm³/mol. The van der Waals surface area contributed by atoms with Gasteiger partial charge < -0.3 is 4.90 Å². The summed E-state index contributed by atoms with van der Waals surface area (Å²) in [7, 11) is 0. The van der Waals surface area contributed by atoms with Gasteiger partial charge in [-0.3, -0.25) is 20.4 Å². The van der Waals surface area contributed by atoms with Gasteiger partial charge in [0.15, 0.2) is 0 Å². The van der Waals surface area contributed by atoms with Crippen LogP contribution in [0.15, 0.2) is 48.5 Å². The molecule has 0 spiro atoms. The Labute approximate surface area is 160 Å². The Hall–Kier alpha value is -2.82. The summed E-state index contributed by atoms with van der Waals surface area (Å²) in [5.74, 6) is -0.547. The zero-order chi connectivity index (χ0) is 19.4. The fourth-order valence-electron chi connectivity index (χ4n) is 3.31. The molecule has 0 atom stereocenters. The number of para-hydroxylation sites is 1. The van der Waals surface area contributed by atoms with Gasteiger partial charge in [-0.25, -0.2) is 0 Å². The number of anilines is 1. The number of nitrogens with one attached hydrogen (secondary N) is 2. The number of carbonyl (C=O) groups is 2. The summed E-state index contributed by atoms with van der Waals surface area (Å²) in [6.07, 6.45) is 2.06. The van der Waals surface area contributed by atoms with Crippen molar-refractivity contribution in [1.82, 2.24) is 10.9 Å². The molecule has 1 heterocycles. The van der Waals surface area contributed by atoms with E-state index in [1.54, 1.807) is 12.1 Å². The van der Waals surface area contributed by atoms with Crippen LogP contribution in [-0.2, 0) is 16.6 Å². The average molecular weight is 365 g/mol. The van der Waals surface area contributed by atoms with Crippen LogP contribution in [-0.4, -0.2) is 24.9 Å². The number of rotatable bonds is 3. The van der Waals surface area contributed by atoms with Crippen molar-refractivity contribution in [2.45, 2.75) is 39.0 Å². The van der Waals surface area contributed by atoms with Crippen LogP contribution in [0, 0.1) is 0 Å². The summed E-state index contributed by atoms with van der Waals surface area (Å²) in [5.41, 5.74) is 9.11. The lowest BCUT2D eigenvalue weighted by Crippen LogP contribution is -2.47. The van der Waals surface area contributed by atoms with E-state index < -0.39 is 0 Å². The second kappa shape index (κ2) is 7.82. The average Bonchev–Trinajstić information content (AvgIpc) is 2.66. The maximum Gasteiger partial charge on any atom is 0.269 e. The standard InChI is InChI=1S/C22H27N3O2/c1-22(2,3)18-12-10-17(11-13-18)21(27)24-23-20(26)15-25-14-6-8-16-7-4-5-9-19(16)25/h4-5,7,9-13H,6,8,14-15H2,1-3H3,(H,23,26)(H,24,27). The highest BCUT2D eigenvalue weighted by molar-refractivity contribution is 5.95. The second-order valence-corrected chi connectivity index (χ2v) is 7.98. The van der Waals surface area contributed by atoms with Gasteiger partial charge in [-0.05, 0) is 47.6 Å². The van der Waals surface area contributed by atoms with E-state index in [9.17, 15) is 9.59 Å². The summed E-state index contributed by atoms with van der Waals surface area (Å²) >= 11 is 0. The fourth-order valence-corrected chi connectivity index (χ4v) is 3.31. The third-order valence-electron chi connectivity index (χ3n) is 4.87. The van der Waals surface area contributed by atoms with Crippen LogP contribution in [0.25, 0.3) is 0 Å². The van der Waals surface area contributed by atoms with E-state index in [1.165, 1.54) is 5.56 Å². The molecule has 0 bridgehead atoms. The van der Waals surface area contributed by atoms with Crippen molar-refractivity contribution in [3.8, 4) is 0 Å². The monoisotopic (exact) mass is 365 g/mol. The Kier molecular flexibility index (Phi) is 5.49.